The molecule has 1 saturated heterocycles. The van der Waals surface area contributed by atoms with E-state index < -0.39 is 0 Å². The summed E-state index contributed by atoms with van der Waals surface area (Å²) in [7, 11) is 0. The van der Waals surface area contributed by atoms with Crippen LogP contribution in [0.5, 0.6) is 0 Å². The molecule has 2 aliphatic rings. The summed E-state index contributed by atoms with van der Waals surface area (Å²) in [5, 5.41) is 21.1. The van der Waals surface area contributed by atoms with Crippen molar-refractivity contribution in [2.75, 3.05) is 18.4 Å². The van der Waals surface area contributed by atoms with Crippen molar-refractivity contribution >= 4 is 47.9 Å². The number of hydrogen-bond acceptors (Lipinski definition) is 5. The van der Waals surface area contributed by atoms with Gasteiger partial charge in [-0.3, -0.25) is 0 Å². The monoisotopic (exact) mass is 464 g/mol. The summed E-state index contributed by atoms with van der Waals surface area (Å²) in [6.07, 6.45) is 6.04. The molecule has 1 fully saturated rings. The van der Waals surface area contributed by atoms with E-state index in [0.29, 0.717) is 17.1 Å². The van der Waals surface area contributed by atoms with Crippen molar-refractivity contribution in [2.24, 2.45) is 0 Å². The average molecular weight is 466 g/mol. The molecule has 1 spiro atoms. The molecular weight excluding hydrogens is 443 g/mol. The van der Waals surface area contributed by atoms with Crippen LogP contribution in [0.25, 0.3) is 5.65 Å². The number of fused-ring (bicyclic) bond motifs is 3. The molecule has 0 saturated carbocycles. The summed E-state index contributed by atoms with van der Waals surface area (Å²) in [6, 6.07) is 9.81. The van der Waals surface area contributed by atoms with Crippen LogP contribution in [0, 0.1) is 11.3 Å². The van der Waals surface area contributed by atoms with Crippen LogP contribution in [0.2, 0.25) is 5.02 Å². The number of piperidine rings is 1. The van der Waals surface area contributed by atoms with Crippen molar-refractivity contribution in [3.63, 3.8) is 0 Å². The number of anilines is 1. The molecule has 1 aliphatic carbocycles. The van der Waals surface area contributed by atoms with E-state index in [1.807, 2.05) is 28.8 Å². The Balaban J connectivity index is 0.00000128. The van der Waals surface area contributed by atoms with Crippen molar-refractivity contribution in [3.05, 3.63) is 57.9 Å². The molecular formula is C21H23Cl3N6. The molecule has 6 nitrogen and oxygen atoms in total. The molecule has 9 heteroatoms. The summed E-state index contributed by atoms with van der Waals surface area (Å²) >= 11 is 6.41. The van der Waals surface area contributed by atoms with Gasteiger partial charge in [-0.15, -0.1) is 24.8 Å². The van der Waals surface area contributed by atoms with Gasteiger partial charge in [0.2, 0.25) is 0 Å². The summed E-state index contributed by atoms with van der Waals surface area (Å²) in [5.74, 6) is 0.992. The van der Waals surface area contributed by atoms with Crippen LogP contribution in [0.3, 0.4) is 0 Å². The second-order valence-electron chi connectivity index (χ2n) is 7.71. The molecule has 2 N–H and O–H groups in total. The number of halogens is 3. The molecule has 0 atom stereocenters. The first-order valence-corrected chi connectivity index (χ1v) is 10.1. The standard InChI is InChI=1S/C21H21ClN6.2ClH/c22-17-13-26-28-19(25-12-15-3-1-14(11-23)2-4-15)16-5-6-21(7-9-24-10-8-21)18(16)27-20(17)28;;/h1-4,13,24-25H,5-10,12H2;2*1H. The molecule has 30 heavy (non-hydrogen) atoms. The average Bonchev–Trinajstić information content (AvgIpc) is 3.28. The number of hydrogen-bond donors (Lipinski definition) is 2. The van der Waals surface area contributed by atoms with E-state index in [1.165, 1.54) is 11.3 Å². The highest BCUT2D eigenvalue weighted by Gasteiger charge is 2.43. The Hall–Kier alpha value is -2.04. The first-order chi connectivity index (χ1) is 13.7. The summed E-state index contributed by atoms with van der Waals surface area (Å²) in [6.45, 7) is 2.73. The van der Waals surface area contributed by atoms with Crippen LogP contribution < -0.4 is 10.6 Å². The van der Waals surface area contributed by atoms with Crippen molar-refractivity contribution in [2.45, 2.75) is 37.6 Å². The second-order valence-corrected chi connectivity index (χ2v) is 8.12. The Morgan fingerprint density at radius 2 is 1.90 bits per heavy atom. The van der Waals surface area contributed by atoms with Crippen LogP contribution in [-0.4, -0.2) is 27.7 Å². The molecule has 3 aromatic rings. The number of benzene rings is 1. The van der Waals surface area contributed by atoms with Crippen molar-refractivity contribution < 1.29 is 0 Å². The van der Waals surface area contributed by atoms with E-state index in [4.69, 9.17) is 21.8 Å². The third kappa shape index (κ3) is 3.72. The topological polar surface area (TPSA) is 78.0 Å². The van der Waals surface area contributed by atoms with Gasteiger partial charge in [-0.05, 0) is 56.5 Å². The maximum atomic E-state index is 8.98. The maximum Gasteiger partial charge on any atom is 0.176 e. The summed E-state index contributed by atoms with van der Waals surface area (Å²) in [4.78, 5) is 5.00. The van der Waals surface area contributed by atoms with Crippen LogP contribution in [0.4, 0.5) is 5.82 Å². The van der Waals surface area contributed by atoms with Crippen LogP contribution >= 0.6 is 36.4 Å². The van der Waals surface area contributed by atoms with Gasteiger partial charge in [0.1, 0.15) is 10.8 Å². The third-order valence-corrected chi connectivity index (χ3v) is 6.43. The van der Waals surface area contributed by atoms with E-state index in [9.17, 15) is 0 Å². The second kappa shape index (κ2) is 8.99. The number of aromatic nitrogens is 3. The fraction of sp³-hybridized carbons (Fsp3) is 0.381. The van der Waals surface area contributed by atoms with Gasteiger partial charge in [0.05, 0.1) is 23.5 Å². The predicted molar refractivity (Wildman–Crippen MR) is 123 cm³/mol. The van der Waals surface area contributed by atoms with Crippen LogP contribution in [0.15, 0.2) is 30.5 Å². The van der Waals surface area contributed by atoms with Gasteiger partial charge in [-0.25, -0.2) is 4.98 Å². The van der Waals surface area contributed by atoms with E-state index in [0.717, 1.165) is 55.8 Å². The fourth-order valence-corrected chi connectivity index (χ4v) is 4.78. The lowest BCUT2D eigenvalue weighted by Crippen LogP contribution is -2.39. The minimum absolute atomic E-state index is 0. The smallest absolute Gasteiger partial charge is 0.176 e. The Labute approximate surface area is 192 Å². The lowest BCUT2D eigenvalue weighted by atomic mass is 9.77. The normalized spacial score (nSPS) is 16.4. The van der Waals surface area contributed by atoms with Gasteiger partial charge < -0.3 is 10.6 Å². The minimum Gasteiger partial charge on any atom is -0.366 e. The SMILES string of the molecule is Cl.Cl.N#Cc1ccc(CNc2c3c(nc4c(Cl)cnn24)C2(CCNCC2)CC3)cc1. The molecule has 0 bridgehead atoms. The van der Waals surface area contributed by atoms with Gasteiger partial charge in [0, 0.05) is 17.5 Å². The minimum atomic E-state index is 0. The highest BCUT2D eigenvalue weighted by atomic mass is 35.5. The van der Waals surface area contributed by atoms with Gasteiger partial charge in [-0.1, -0.05) is 23.7 Å². The Morgan fingerprint density at radius 3 is 2.60 bits per heavy atom. The number of rotatable bonds is 3. The molecule has 0 radical (unpaired) electrons. The van der Waals surface area contributed by atoms with Crippen molar-refractivity contribution in [1.82, 2.24) is 19.9 Å². The molecule has 0 unspecified atom stereocenters. The largest absolute Gasteiger partial charge is 0.366 e. The lowest BCUT2D eigenvalue weighted by molar-refractivity contribution is 0.301. The molecule has 2 aromatic heterocycles. The molecule has 5 rings (SSSR count). The Morgan fingerprint density at radius 1 is 1.17 bits per heavy atom. The van der Waals surface area contributed by atoms with Crippen molar-refractivity contribution in [1.29, 1.82) is 5.26 Å². The molecule has 158 valence electrons. The van der Waals surface area contributed by atoms with E-state index in [1.54, 1.807) is 6.20 Å². The van der Waals surface area contributed by atoms with Gasteiger partial charge in [0.25, 0.3) is 0 Å². The quantitative estimate of drug-likeness (QED) is 0.604. The predicted octanol–water partition coefficient (Wildman–Crippen LogP) is 4.28. The third-order valence-electron chi connectivity index (χ3n) is 6.16. The van der Waals surface area contributed by atoms with E-state index in [-0.39, 0.29) is 30.2 Å². The first-order valence-electron chi connectivity index (χ1n) is 9.70. The van der Waals surface area contributed by atoms with Gasteiger partial charge >= 0.3 is 0 Å². The molecule has 3 heterocycles. The zero-order valence-electron chi connectivity index (χ0n) is 16.3. The van der Waals surface area contributed by atoms with E-state index >= 15 is 0 Å². The van der Waals surface area contributed by atoms with Crippen molar-refractivity contribution in [3.8, 4) is 6.07 Å². The number of nitrogens with zero attached hydrogens (tertiary/aromatic N) is 4. The summed E-state index contributed by atoms with van der Waals surface area (Å²) in [5.41, 5.74) is 5.13. The van der Waals surface area contributed by atoms with Crippen LogP contribution in [0.1, 0.15) is 41.6 Å². The van der Waals surface area contributed by atoms with Gasteiger partial charge in [-0.2, -0.15) is 14.9 Å². The zero-order chi connectivity index (χ0) is 19.1. The summed E-state index contributed by atoms with van der Waals surface area (Å²) < 4.78 is 1.84. The highest BCUT2D eigenvalue weighted by Crippen LogP contribution is 2.46. The fourth-order valence-electron chi connectivity index (χ4n) is 4.61. The Bertz CT molecular complexity index is 1080. The lowest BCUT2D eigenvalue weighted by Gasteiger charge is -2.34. The van der Waals surface area contributed by atoms with Gasteiger partial charge in [0.15, 0.2) is 5.65 Å². The number of nitriles is 1. The molecule has 1 aromatic carbocycles. The number of nitrogens with one attached hydrogen (secondary N) is 2. The zero-order valence-corrected chi connectivity index (χ0v) is 18.7. The van der Waals surface area contributed by atoms with Crippen LogP contribution in [-0.2, 0) is 18.4 Å². The molecule has 1 aliphatic heterocycles. The highest BCUT2D eigenvalue weighted by molar-refractivity contribution is 6.33. The maximum absolute atomic E-state index is 8.98. The first kappa shape index (κ1) is 22.6. The van der Waals surface area contributed by atoms with E-state index in [2.05, 4.69) is 21.8 Å². The Kier molecular flexibility index (Phi) is 6.78. The molecule has 0 amide bonds.